The number of methoxy groups -OCH3 is 2. The molecule has 8 nitrogen and oxygen atoms in total. The van der Waals surface area contributed by atoms with E-state index in [1.807, 2.05) is 24.3 Å². The summed E-state index contributed by atoms with van der Waals surface area (Å²) in [5.41, 5.74) is 1.28. The minimum absolute atomic E-state index is 0.220. The van der Waals surface area contributed by atoms with Crippen LogP contribution >= 0.6 is 0 Å². The molecule has 0 saturated carbocycles. The van der Waals surface area contributed by atoms with E-state index in [0.29, 0.717) is 43.4 Å². The van der Waals surface area contributed by atoms with Crippen LogP contribution in [-0.4, -0.2) is 52.5 Å². The summed E-state index contributed by atoms with van der Waals surface area (Å²) in [6.07, 6.45) is 0.656. The third kappa shape index (κ3) is 5.31. The molecule has 29 heavy (non-hydrogen) atoms. The Morgan fingerprint density at radius 2 is 1.79 bits per heavy atom. The zero-order valence-corrected chi connectivity index (χ0v) is 16.4. The Labute approximate surface area is 168 Å². The second-order valence-corrected chi connectivity index (χ2v) is 6.23. The Morgan fingerprint density at radius 3 is 2.52 bits per heavy atom. The number of amides is 1. The predicted octanol–water partition coefficient (Wildman–Crippen LogP) is 1.99. The maximum absolute atomic E-state index is 12.3. The molecule has 1 amide bonds. The maximum atomic E-state index is 12.3. The van der Waals surface area contributed by atoms with Crippen LogP contribution in [-0.2, 0) is 16.0 Å². The average Bonchev–Trinajstić information content (AvgIpc) is 2.77. The van der Waals surface area contributed by atoms with Crippen molar-refractivity contribution in [3.05, 3.63) is 47.5 Å². The monoisotopic (exact) mass is 401 g/mol. The molecule has 3 rings (SSSR count). The third-order valence-electron chi connectivity index (χ3n) is 4.29. The standard InChI is InChI=1S/C21H23NO7/c1-25-16-5-3-14(4-6-16)7-8-22-19(23)13-29-21(24)15-11-17(26-2)20-18(12-15)27-9-10-28-20/h3-6,11-12H,7-10,13H2,1-2H3,(H,22,23). The first kappa shape index (κ1) is 20.3. The minimum Gasteiger partial charge on any atom is -0.497 e. The Kier molecular flexibility index (Phi) is 6.78. The van der Waals surface area contributed by atoms with Gasteiger partial charge in [0.15, 0.2) is 18.1 Å². The normalized spacial score (nSPS) is 12.1. The number of hydrogen-bond donors (Lipinski definition) is 1. The molecule has 1 heterocycles. The summed E-state index contributed by atoms with van der Waals surface area (Å²) >= 11 is 0. The van der Waals surface area contributed by atoms with Gasteiger partial charge in [-0.2, -0.15) is 0 Å². The lowest BCUT2D eigenvalue weighted by molar-refractivity contribution is -0.124. The van der Waals surface area contributed by atoms with E-state index in [1.54, 1.807) is 7.11 Å². The van der Waals surface area contributed by atoms with Gasteiger partial charge in [0.05, 0.1) is 19.8 Å². The van der Waals surface area contributed by atoms with Crippen LogP contribution < -0.4 is 24.3 Å². The van der Waals surface area contributed by atoms with Crippen LogP contribution in [0.3, 0.4) is 0 Å². The SMILES string of the molecule is COc1ccc(CCNC(=O)COC(=O)c2cc(OC)c3c(c2)OCCO3)cc1. The second-order valence-electron chi connectivity index (χ2n) is 6.23. The number of ether oxygens (including phenoxy) is 5. The number of fused-ring (bicyclic) bond motifs is 1. The first-order valence-electron chi connectivity index (χ1n) is 9.15. The largest absolute Gasteiger partial charge is 0.497 e. The second kappa shape index (κ2) is 9.68. The van der Waals surface area contributed by atoms with Crippen molar-refractivity contribution in [2.75, 3.05) is 40.6 Å². The van der Waals surface area contributed by atoms with E-state index < -0.39 is 5.97 Å². The van der Waals surface area contributed by atoms with Gasteiger partial charge in [0.2, 0.25) is 5.75 Å². The number of carbonyl (C=O) groups is 2. The highest BCUT2D eigenvalue weighted by atomic mass is 16.6. The molecular formula is C21H23NO7. The topological polar surface area (TPSA) is 92.3 Å². The highest BCUT2D eigenvalue weighted by Crippen LogP contribution is 2.40. The summed E-state index contributed by atoms with van der Waals surface area (Å²) in [4.78, 5) is 24.2. The zero-order valence-electron chi connectivity index (χ0n) is 16.4. The summed E-state index contributed by atoms with van der Waals surface area (Å²) < 4.78 is 26.4. The summed E-state index contributed by atoms with van der Waals surface area (Å²) in [6.45, 7) is 0.841. The smallest absolute Gasteiger partial charge is 0.338 e. The van der Waals surface area contributed by atoms with Crippen LogP contribution in [0, 0.1) is 0 Å². The van der Waals surface area contributed by atoms with E-state index in [0.717, 1.165) is 11.3 Å². The molecule has 1 aliphatic heterocycles. The number of hydrogen-bond acceptors (Lipinski definition) is 7. The van der Waals surface area contributed by atoms with E-state index in [2.05, 4.69) is 5.32 Å². The highest BCUT2D eigenvalue weighted by molar-refractivity contribution is 5.92. The number of carbonyl (C=O) groups excluding carboxylic acids is 2. The van der Waals surface area contributed by atoms with Gasteiger partial charge in [-0.3, -0.25) is 4.79 Å². The first-order valence-corrected chi connectivity index (χ1v) is 9.15. The Morgan fingerprint density at radius 1 is 1.03 bits per heavy atom. The van der Waals surface area contributed by atoms with Gasteiger partial charge in [-0.05, 0) is 36.2 Å². The molecule has 1 N–H and O–H groups in total. The number of rotatable bonds is 8. The lowest BCUT2D eigenvalue weighted by Crippen LogP contribution is -2.30. The van der Waals surface area contributed by atoms with Crippen LogP contribution in [0.5, 0.6) is 23.0 Å². The van der Waals surface area contributed by atoms with Gasteiger partial charge in [0.1, 0.15) is 19.0 Å². The van der Waals surface area contributed by atoms with Gasteiger partial charge >= 0.3 is 5.97 Å². The maximum Gasteiger partial charge on any atom is 0.338 e. The molecule has 0 fully saturated rings. The number of nitrogens with one attached hydrogen (secondary N) is 1. The molecule has 0 spiro atoms. The first-order chi connectivity index (χ1) is 14.1. The molecule has 2 aromatic rings. The van der Waals surface area contributed by atoms with Crippen molar-refractivity contribution in [3.8, 4) is 23.0 Å². The molecule has 8 heteroatoms. The fourth-order valence-corrected chi connectivity index (χ4v) is 2.79. The molecule has 1 aliphatic rings. The van der Waals surface area contributed by atoms with Gasteiger partial charge in [-0.25, -0.2) is 4.79 Å². The van der Waals surface area contributed by atoms with Crippen LogP contribution in [0.15, 0.2) is 36.4 Å². The number of esters is 1. The molecule has 0 aliphatic carbocycles. The van der Waals surface area contributed by atoms with E-state index >= 15 is 0 Å². The minimum atomic E-state index is -0.648. The quantitative estimate of drug-likeness (QED) is 0.676. The van der Waals surface area contributed by atoms with Crippen molar-refractivity contribution in [3.63, 3.8) is 0 Å². The zero-order chi connectivity index (χ0) is 20.6. The molecule has 0 atom stereocenters. The molecule has 0 bridgehead atoms. The fraction of sp³-hybridized carbons (Fsp3) is 0.333. The van der Waals surface area contributed by atoms with Crippen LogP contribution in [0.25, 0.3) is 0 Å². The van der Waals surface area contributed by atoms with Crippen LogP contribution in [0.1, 0.15) is 15.9 Å². The molecule has 0 aromatic heterocycles. The van der Waals surface area contributed by atoms with Gasteiger partial charge in [-0.1, -0.05) is 12.1 Å². The highest BCUT2D eigenvalue weighted by Gasteiger charge is 2.22. The Balaban J connectivity index is 1.47. The van der Waals surface area contributed by atoms with E-state index in [1.165, 1.54) is 19.2 Å². The summed E-state index contributed by atoms with van der Waals surface area (Å²) in [5.74, 6) is 0.985. The summed E-state index contributed by atoms with van der Waals surface area (Å²) in [7, 11) is 3.08. The van der Waals surface area contributed by atoms with Crippen molar-refractivity contribution in [2.24, 2.45) is 0 Å². The van der Waals surface area contributed by atoms with E-state index in [4.69, 9.17) is 23.7 Å². The van der Waals surface area contributed by atoms with Gasteiger partial charge in [-0.15, -0.1) is 0 Å². The molecular weight excluding hydrogens is 378 g/mol. The molecule has 0 unspecified atom stereocenters. The van der Waals surface area contributed by atoms with Gasteiger partial charge < -0.3 is 29.0 Å². The van der Waals surface area contributed by atoms with Crippen molar-refractivity contribution in [2.45, 2.75) is 6.42 Å². The average molecular weight is 401 g/mol. The predicted molar refractivity (Wildman–Crippen MR) is 104 cm³/mol. The van der Waals surface area contributed by atoms with Crippen LogP contribution in [0.2, 0.25) is 0 Å². The van der Waals surface area contributed by atoms with Crippen LogP contribution in [0.4, 0.5) is 0 Å². The number of benzene rings is 2. The van der Waals surface area contributed by atoms with Gasteiger partial charge in [0, 0.05) is 6.54 Å². The van der Waals surface area contributed by atoms with Crippen molar-refractivity contribution in [1.82, 2.24) is 5.32 Å². The fourth-order valence-electron chi connectivity index (χ4n) is 2.79. The molecule has 0 saturated heterocycles. The lowest BCUT2D eigenvalue weighted by Gasteiger charge is -2.21. The van der Waals surface area contributed by atoms with Gasteiger partial charge in [0.25, 0.3) is 5.91 Å². The van der Waals surface area contributed by atoms with E-state index in [-0.39, 0.29) is 18.1 Å². The van der Waals surface area contributed by atoms with E-state index in [9.17, 15) is 9.59 Å². The summed E-state index contributed by atoms with van der Waals surface area (Å²) in [5, 5.41) is 2.72. The molecule has 2 aromatic carbocycles. The molecule has 154 valence electrons. The Hall–Kier alpha value is -3.42. The lowest BCUT2D eigenvalue weighted by atomic mass is 10.1. The Bertz CT molecular complexity index is 847. The molecule has 0 radical (unpaired) electrons. The van der Waals surface area contributed by atoms with Crippen molar-refractivity contribution >= 4 is 11.9 Å². The third-order valence-corrected chi connectivity index (χ3v) is 4.29. The van der Waals surface area contributed by atoms with Crippen molar-refractivity contribution in [1.29, 1.82) is 0 Å². The summed E-state index contributed by atoms with van der Waals surface area (Å²) in [6, 6.07) is 10.6. The van der Waals surface area contributed by atoms with Crippen molar-refractivity contribution < 1.29 is 33.3 Å².